The molecule has 162 valence electrons. The van der Waals surface area contributed by atoms with Gasteiger partial charge in [-0.1, -0.05) is 60.8 Å². The number of rotatable bonds is 10. The topological polar surface area (TPSA) is 49.4 Å². The summed E-state index contributed by atoms with van der Waals surface area (Å²) in [5, 5.41) is 3.87. The minimum Gasteiger partial charge on any atom is -0.354 e. The molecule has 2 amide bonds. The lowest BCUT2D eigenvalue weighted by molar-refractivity contribution is -0.139. The maximum Gasteiger partial charge on any atom is 0.242 e. The number of benzene rings is 2. The van der Waals surface area contributed by atoms with E-state index in [4.69, 9.17) is 23.2 Å². The number of thioether (sulfide) groups is 1. The zero-order valence-electron chi connectivity index (χ0n) is 17.6. The van der Waals surface area contributed by atoms with Crippen LogP contribution in [0, 0.1) is 6.92 Å². The third-order valence-electron chi connectivity index (χ3n) is 4.71. The van der Waals surface area contributed by atoms with Crippen molar-refractivity contribution >= 4 is 46.8 Å². The largest absolute Gasteiger partial charge is 0.354 e. The SMILES string of the molecule is CCCNC(=O)C(CC)N(Cc1c(Cl)cccc1Cl)C(=O)CSc1ccc(C)cc1. The molecule has 4 nitrogen and oxygen atoms in total. The average Bonchev–Trinajstić information content (AvgIpc) is 2.73. The van der Waals surface area contributed by atoms with Crippen molar-refractivity contribution in [3.63, 3.8) is 0 Å². The highest BCUT2D eigenvalue weighted by molar-refractivity contribution is 8.00. The molecular formula is C23H28Cl2N2O2S. The lowest BCUT2D eigenvalue weighted by Gasteiger charge is -2.31. The third kappa shape index (κ3) is 6.93. The summed E-state index contributed by atoms with van der Waals surface area (Å²) in [6, 6.07) is 12.7. The number of hydrogen-bond donors (Lipinski definition) is 1. The van der Waals surface area contributed by atoms with E-state index in [0.29, 0.717) is 28.6 Å². The van der Waals surface area contributed by atoms with E-state index >= 15 is 0 Å². The first kappa shape index (κ1) is 24.6. The van der Waals surface area contributed by atoms with Crippen LogP contribution in [-0.4, -0.2) is 35.1 Å². The van der Waals surface area contributed by atoms with E-state index < -0.39 is 6.04 Å². The molecule has 0 heterocycles. The molecule has 0 aliphatic heterocycles. The first-order valence-corrected chi connectivity index (χ1v) is 11.8. The summed E-state index contributed by atoms with van der Waals surface area (Å²) >= 11 is 14.2. The van der Waals surface area contributed by atoms with Crippen molar-refractivity contribution in [3.05, 3.63) is 63.6 Å². The Labute approximate surface area is 193 Å². The van der Waals surface area contributed by atoms with Gasteiger partial charge in [-0.05, 0) is 44.0 Å². The maximum atomic E-state index is 13.2. The molecule has 1 unspecified atom stereocenters. The molecule has 0 saturated carbocycles. The number of carbonyl (C=O) groups excluding carboxylic acids is 2. The summed E-state index contributed by atoms with van der Waals surface area (Å²) in [7, 11) is 0. The van der Waals surface area contributed by atoms with E-state index in [0.717, 1.165) is 11.3 Å². The van der Waals surface area contributed by atoms with Gasteiger partial charge in [0.15, 0.2) is 0 Å². The van der Waals surface area contributed by atoms with Crippen LogP contribution in [0.25, 0.3) is 0 Å². The second-order valence-electron chi connectivity index (χ2n) is 7.04. The Morgan fingerprint density at radius 1 is 1.07 bits per heavy atom. The number of aryl methyl sites for hydroxylation is 1. The molecule has 7 heteroatoms. The van der Waals surface area contributed by atoms with Crippen LogP contribution < -0.4 is 5.32 Å². The Balaban J connectivity index is 2.25. The van der Waals surface area contributed by atoms with Gasteiger partial charge in [-0.15, -0.1) is 11.8 Å². The molecule has 2 rings (SSSR count). The Morgan fingerprint density at radius 2 is 1.70 bits per heavy atom. The fourth-order valence-electron chi connectivity index (χ4n) is 3.00. The Morgan fingerprint density at radius 3 is 2.27 bits per heavy atom. The van der Waals surface area contributed by atoms with Crippen molar-refractivity contribution in [1.82, 2.24) is 10.2 Å². The van der Waals surface area contributed by atoms with Gasteiger partial charge in [0.1, 0.15) is 6.04 Å². The molecule has 0 fully saturated rings. The van der Waals surface area contributed by atoms with Gasteiger partial charge in [0.2, 0.25) is 11.8 Å². The van der Waals surface area contributed by atoms with Crippen LogP contribution in [0.15, 0.2) is 47.4 Å². The van der Waals surface area contributed by atoms with Crippen LogP contribution in [0.3, 0.4) is 0 Å². The molecular weight excluding hydrogens is 439 g/mol. The molecule has 0 spiro atoms. The van der Waals surface area contributed by atoms with E-state index in [1.165, 1.54) is 17.3 Å². The Hall–Kier alpha value is -1.69. The van der Waals surface area contributed by atoms with Gasteiger partial charge in [-0.25, -0.2) is 0 Å². The summed E-state index contributed by atoms with van der Waals surface area (Å²) in [6.07, 6.45) is 1.33. The van der Waals surface area contributed by atoms with Gasteiger partial charge in [0, 0.05) is 33.6 Å². The van der Waals surface area contributed by atoms with Crippen LogP contribution in [0.4, 0.5) is 0 Å². The van der Waals surface area contributed by atoms with Crippen molar-refractivity contribution in [2.45, 2.75) is 51.1 Å². The van der Waals surface area contributed by atoms with Gasteiger partial charge in [-0.2, -0.15) is 0 Å². The van der Waals surface area contributed by atoms with Gasteiger partial charge in [0.25, 0.3) is 0 Å². The van der Waals surface area contributed by atoms with Gasteiger partial charge in [0.05, 0.1) is 5.75 Å². The van der Waals surface area contributed by atoms with E-state index in [9.17, 15) is 9.59 Å². The Bertz CT molecular complexity index is 839. The fraction of sp³-hybridized carbons (Fsp3) is 0.391. The lowest BCUT2D eigenvalue weighted by Crippen LogP contribution is -2.49. The summed E-state index contributed by atoms with van der Waals surface area (Å²) in [4.78, 5) is 28.6. The van der Waals surface area contributed by atoms with E-state index in [1.54, 1.807) is 23.1 Å². The van der Waals surface area contributed by atoms with E-state index in [1.807, 2.05) is 45.0 Å². The van der Waals surface area contributed by atoms with Crippen molar-refractivity contribution in [3.8, 4) is 0 Å². The molecule has 30 heavy (non-hydrogen) atoms. The molecule has 0 aromatic heterocycles. The number of carbonyl (C=O) groups is 2. The summed E-state index contributed by atoms with van der Waals surface area (Å²) in [5.41, 5.74) is 1.82. The quantitative estimate of drug-likeness (QED) is 0.454. The zero-order valence-corrected chi connectivity index (χ0v) is 19.9. The first-order valence-electron chi connectivity index (χ1n) is 10.1. The second-order valence-corrected chi connectivity index (χ2v) is 8.90. The predicted octanol–water partition coefficient (Wildman–Crippen LogP) is 5.73. The van der Waals surface area contributed by atoms with E-state index in [2.05, 4.69) is 5.32 Å². The van der Waals surface area contributed by atoms with Crippen molar-refractivity contribution < 1.29 is 9.59 Å². The average molecular weight is 467 g/mol. The van der Waals surface area contributed by atoms with Crippen molar-refractivity contribution in [2.24, 2.45) is 0 Å². The van der Waals surface area contributed by atoms with Crippen LogP contribution in [0.1, 0.15) is 37.8 Å². The van der Waals surface area contributed by atoms with Crippen molar-refractivity contribution in [2.75, 3.05) is 12.3 Å². The molecule has 0 radical (unpaired) electrons. The van der Waals surface area contributed by atoms with Crippen molar-refractivity contribution in [1.29, 1.82) is 0 Å². The maximum absolute atomic E-state index is 13.2. The second kappa shape index (κ2) is 12.2. The third-order valence-corrected chi connectivity index (χ3v) is 6.41. The standard InChI is InChI=1S/C23H28Cl2N2O2S/c1-4-13-26-23(29)21(5-2)27(14-18-19(24)7-6-8-20(18)25)22(28)15-30-17-11-9-16(3)10-12-17/h6-12,21H,4-5,13-15H2,1-3H3,(H,26,29). The van der Waals surface area contributed by atoms with Gasteiger partial charge >= 0.3 is 0 Å². The molecule has 0 bridgehead atoms. The van der Waals surface area contributed by atoms with Crippen LogP contribution in [-0.2, 0) is 16.1 Å². The molecule has 2 aromatic carbocycles. The predicted molar refractivity (Wildman–Crippen MR) is 126 cm³/mol. The Kier molecular flexibility index (Phi) is 10.0. The highest BCUT2D eigenvalue weighted by atomic mass is 35.5. The minimum atomic E-state index is -0.588. The first-order chi connectivity index (χ1) is 14.4. The zero-order chi connectivity index (χ0) is 22.1. The minimum absolute atomic E-state index is 0.130. The number of nitrogens with zero attached hydrogens (tertiary/aromatic N) is 1. The summed E-state index contributed by atoms with van der Waals surface area (Å²) < 4.78 is 0. The smallest absolute Gasteiger partial charge is 0.242 e. The van der Waals surface area contributed by atoms with Crippen LogP contribution >= 0.6 is 35.0 Å². The van der Waals surface area contributed by atoms with Gasteiger partial charge in [-0.3, -0.25) is 9.59 Å². The molecule has 2 aromatic rings. The normalized spacial score (nSPS) is 11.8. The summed E-state index contributed by atoms with van der Waals surface area (Å²) in [5.74, 6) is -0.0610. The molecule has 0 saturated heterocycles. The number of amides is 2. The number of halogens is 2. The number of nitrogens with one attached hydrogen (secondary N) is 1. The summed E-state index contributed by atoms with van der Waals surface area (Å²) in [6.45, 7) is 6.67. The van der Waals surface area contributed by atoms with Gasteiger partial charge < -0.3 is 10.2 Å². The van der Waals surface area contributed by atoms with Crippen LogP contribution in [0.2, 0.25) is 10.0 Å². The molecule has 1 N–H and O–H groups in total. The molecule has 1 atom stereocenters. The van der Waals surface area contributed by atoms with E-state index in [-0.39, 0.29) is 24.1 Å². The monoisotopic (exact) mass is 466 g/mol. The number of hydrogen-bond acceptors (Lipinski definition) is 3. The van der Waals surface area contributed by atoms with Crippen LogP contribution in [0.5, 0.6) is 0 Å². The highest BCUT2D eigenvalue weighted by Gasteiger charge is 2.29. The highest BCUT2D eigenvalue weighted by Crippen LogP contribution is 2.28. The lowest BCUT2D eigenvalue weighted by atomic mass is 10.1. The fourth-order valence-corrected chi connectivity index (χ4v) is 4.30. The molecule has 0 aliphatic rings. The molecule has 0 aliphatic carbocycles.